The number of hydrogen-bond acceptors (Lipinski definition) is 5. The van der Waals surface area contributed by atoms with Gasteiger partial charge in [0.2, 0.25) is 0 Å². The Balaban J connectivity index is 3.80. The van der Waals surface area contributed by atoms with Gasteiger partial charge in [-0.3, -0.25) is 4.79 Å². The van der Waals surface area contributed by atoms with Crippen molar-refractivity contribution >= 4 is 5.97 Å². The molecule has 0 bridgehead atoms. The molecular formula is C7H15NO4. The molecular weight excluding hydrogens is 162 g/mol. The van der Waals surface area contributed by atoms with E-state index in [9.17, 15) is 4.79 Å². The van der Waals surface area contributed by atoms with E-state index < -0.39 is 11.4 Å². The SMILES string of the molecule is CC(CO)(CO)COC(=O)CN. The van der Waals surface area contributed by atoms with E-state index in [0.717, 1.165) is 0 Å². The minimum Gasteiger partial charge on any atom is -0.464 e. The molecule has 0 aromatic heterocycles. The monoisotopic (exact) mass is 177 g/mol. The van der Waals surface area contributed by atoms with Gasteiger partial charge in [-0.1, -0.05) is 6.92 Å². The number of hydrogen-bond donors (Lipinski definition) is 3. The highest BCUT2D eigenvalue weighted by Crippen LogP contribution is 2.13. The molecule has 5 nitrogen and oxygen atoms in total. The maximum Gasteiger partial charge on any atom is 0.319 e. The molecule has 0 aliphatic rings. The molecule has 0 unspecified atom stereocenters. The lowest BCUT2D eigenvalue weighted by Gasteiger charge is -2.23. The number of nitrogens with two attached hydrogens (primary N) is 1. The third-order valence-electron chi connectivity index (χ3n) is 1.51. The Hall–Kier alpha value is -0.650. The average molecular weight is 177 g/mol. The largest absolute Gasteiger partial charge is 0.464 e. The zero-order chi connectivity index (χ0) is 9.61. The second-order valence-corrected chi connectivity index (χ2v) is 2.99. The molecule has 0 aliphatic carbocycles. The molecule has 4 N–H and O–H groups in total. The molecule has 0 radical (unpaired) electrons. The summed E-state index contributed by atoms with van der Waals surface area (Å²) >= 11 is 0. The van der Waals surface area contributed by atoms with Gasteiger partial charge in [-0.05, 0) is 0 Å². The number of carbonyl (C=O) groups excluding carboxylic acids is 1. The standard InChI is InChI=1S/C7H15NO4/c1-7(3-9,4-10)5-12-6(11)2-8/h9-10H,2-5,8H2,1H3. The normalized spacial score (nSPS) is 11.3. The summed E-state index contributed by atoms with van der Waals surface area (Å²) in [4.78, 5) is 10.6. The highest BCUT2D eigenvalue weighted by atomic mass is 16.5. The fraction of sp³-hybridized carbons (Fsp3) is 0.857. The second-order valence-electron chi connectivity index (χ2n) is 2.99. The van der Waals surface area contributed by atoms with E-state index in [4.69, 9.17) is 15.9 Å². The first-order chi connectivity index (χ1) is 5.58. The molecule has 0 amide bonds. The van der Waals surface area contributed by atoms with Crippen LogP contribution in [0.4, 0.5) is 0 Å². The van der Waals surface area contributed by atoms with Gasteiger partial charge in [0.15, 0.2) is 0 Å². The molecule has 0 aromatic rings. The molecule has 0 saturated carbocycles. The molecule has 0 rings (SSSR count). The average Bonchev–Trinajstić information content (AvgIpc) is 2.13. The lowest BCUT2D eigenvalue weighted by Crippen LogP contribution is -2.33. The summed E-state index contributed by atoms with van der Waals surface area (Å²) in [6, 6.07) is 0. The minimum absolute atomic E-state index is 0.0178. The van der Waals surface area contributed by atoms with Crippen LogP contribution in [0.15, 0.2) is 0 Å². The van der Waals surface area contributed by atoms with Crippen LogP contribution in [-0.2, 0) is 9.53 Å². The van der Waals surface area contributed by atoms with Crippen molar-refractivity contribution in [1.29, 1.82) is 0 Å². The first-order valence-corrected chi connectivity index (χ1v) is 3.65. The maximum atomic E-state index is 10.6. The molecule has 5 heteroatoms. The van der Waals surface area contributed by atoms with Gasteiger partial charge in [-0.25, -0.2) is 0 Å². The molecule has 0 saturated heterocycles. The number of aliphatic hydroxyl groups is 2. The van der Waals surface area contributed by atoms with Crippen molar-refractivity contribution in [3.63, 3.8) is 0 Å². The summed E-state index contributed by atoms with van der Waals surface area (Å²) in [5.74, 6) is -0.539. The van der Waals surface area contributed by atoms with Crippen molar-refractivity contribution < 1.29 is 19.7 Å². The van der Waals surface area contributed by atoms with Gasteiger partial charge in [-0.2, -0.15) is 0 Å². The third-order valence-corrected chi connectivity index (χ3v) is 1.51. The molecule has 0 fully saturated rings. The van der Waals surface area contributed by atoms with E-state index in [-0.39, 0.29) is 26.4 Å². The van der Waals surface area contributed by atoms with Crippen LogP contribution in [0.25, 0.3) is 0 Å². The molecule has 0 aromatic carbocycles. The van der Waals surface area contributed by atoms with E-state index in [1.807, 2.05) is 0 Å². The van der Waals surface area contributed by atoms with Gasteiger partial charge in [0.05, 0.1) is 19.8 Å². The van der Waals surface area contributed by atoms with Gasteiger partial charge in [0, 0.05) is 5.41 Å². The number of aliphatic hydroxyl groups excluding tert-OH is 2. The maximum absolute atomic E-state index is 10.6. The first-order valence-electron chi connectivity index (χ1n) is 3.65. The van der Waals surface area contributed by atoms with Gasteiger partial charge in [-0.15, -0.1) is 0 Å². The fourth-order valence-electron chi connectivity index (χ4n) is 0.455. The van der Waals surface area contributed by atoms with Crippen LogP contribution in [0.3, 0.4) is 0 Å². The quantitative estimate of drug-likeness (QED) is 0.443. The zero-order valence-electron chi connectivity index (χ0n) is 7.12. The smallest absolute Gasteiger partial charge is 0.319 e. The van der Waals surface area contributed by atoms with E-state index >= 15 is 0 Å². The van der Waals surface area contributed by atoms with Crippen LogP contribution in [0.5, 0.6) is 0 Å². The topological polar surface area (TPSA) is 92.8 Å². The van der Waals surface area contributed by atoms with Crippen molar-refractivity contribution in [1.82, 2.24) is 0 Å². The van der Waals surface area contributed by atoms with Crippen molar-refractivity contribution in [3.8, 4) is 0 Å². The molecule has 0 atom stereocenters. The van der Waals surface area contributed by atoms with Crippen LogP contribution in [0, 0.1) is 5.41 Å². The first kappa shape index (κ1) is 11.4. The lowest BCUT2D eigenvalue weighted by atomic mass is 9.95. The molecule has 0 spiro atoms. The van der Waals surface area contributed by atoms with Crippen molar-refractivity contribution in [2.45, 2.75) is 6.92 Å². The lowest BCUT2D eigenvalue weighted by molar-refractivity contribution is -0.147. The van der Waals surface area contributed by atoms with Gasteiger partial charge >= 0.3 is 5.97 Å². The van der Waals surface area contributed by atoms with Crippen LogP contribution in [0.1, 0.15) is 6.92 Å². The van der Waals surface area contributed by atoms with E-state index in [0.29, 0.717) is 0 Å². The summed E-state index contributed by atoms with van der Waals surface area (Å²) in [5, 5.41) is 17.6. The fourth-order valence-corrected chi connectivity index (χ4v) is 0.455. The van der Waals surface area contributed by atoms with Crippen molar-refractivity contribution in [2.24, 2.45) is 11.1 Å². The number of rotatable bonds is 5. The van der Waals surface area contributed by atoms with Crippen molar-refractivity contribution in [2.75, 3.05) is 26.4 Å². The Bertz CT molecular complexity index is 144. The van der Waals surface area contributed by atoms with Crippen LogP contribution < -0.4 is 5.73 Å². The number of esters is 1. The summed E-state index contributed by atoms with van der Waals surface area (Å²) in [5.41, 5.74) is 4.21. The van der Waals surface area contributed by atoms with E-state index in [2.05, 4.69) is 4.74 Å². The number of carbonyl (C=O) groups is 1. The third kappa shape index (κ3) is 3.66. The summed E-state index contributed by atoms with van der Waals surface area (Å²) in [7, 11) is 0. The zero-order valence-corrected chi connectivity index (χ0v) is 7.12. The Morgan fingerprint density at radius 2 is 2.00 bits per heavy atom. The Labute approximate surface area is 71.1 Å². The summed E-state index contributed by atoms with van der Waals surface area (Å²) in [6.45, 7) is 0.933. The van der Waals surface area contributed by atoms with Gasteiger partial charge in [0.1, 0.15) is 6.61 Å². The van der Waals surface area contributed by atoms with Crippen molar-refractivity contribution in [3.05, 3.63) is 0 Å². The van der Waals surface area contributed by atoms with E-state index in [1.54, 1.807) is 6.92 Å². The molecule has 72 valence electrons. The second kappa shape index (κ2) is 5.08. The predicted octanol–water partition coefficient (Wildman–Crippen LogP) is -1.52. The number of ether oxygens (including phenoxy) is 1. The highest BCUT2D eigenvalue weighted by molar-refractivity contribution is 5.71. The Morgan fingerprint density at radius 1 is 1.50 bits per heavy atom. The van der Waals surface area contributed by atoms with Crippen LogP contribution >= 0.6 is 0 Å². The van der Waals surface area contributed by atoms with E-state index in [1.165, 1.54) is 0 Å². The molecule has 0 heterocycles. The van der Waals surface area contributed by atoms with Crippen LogP contribution in [0.2, 0.25) is 0 Å². The highest BCUT2D eigenvalue weighted by Gasteiger charge is 2.24. The van der Waals surface area contributed by atoms with Crippen LogP contribution in [-0.4, -0.2) is 42.5 Å². The van der Waals surface area contributed by atoms with Gasteiger partial charge < -0.3 is 20.7 Å². The predicted molar refractivity (Wildman–Crippen MR) is 42.3 cm³/mol. The summed E-state index contributed by atoms with van der Waals surface area (Å²) < 4.78 is 4.65. The molecule has 12 heavy (non-hydrogen) atoms. The Kier molecular flexibility index (Phi) is 4.80. The minimum atomic E-state index is -0.773. The Morgan fingerprint density at radius 3 is 2.33 bits per heavy atom. The molecule has 0 aliphatic heterocycles. The summed E-state index contributed by atoms with van der Waals surface area (Å²) in [6.07, 6.45) is 0. The van der Waals surface area contributed by atoms with Gasteiger partial charge in [0.25, 0.3) is 0 Å².